The van der Waals surface area contributed by atoms with Crippen LogP contribution < -0.4 is 10.6 Å². The van der Waals surface area contributed by atoms with Gasteiger partial charge in [-0.2, -0.15) is 13.2 Å². The Labute approximate surface area is 245 Å². The lowest BCUT2D eigenvalue weighted by molar-refractivity contribution is -0.150. The standard InChI is InChI=1S/C27H28F6N6O5/c1-42-11-17(39-10-18(27(31,32)33)35-25(39)41)14-8-15(28)22-16(9-14)34-24(43-22)20(13-4-6-26(29,30)7-5-13)36-23(40)21-19(12-2-3-12)37-44-38-21/h8-9,12-13,17-18,20H,2-7,10-11H2,1H3,(H,35,41)(H,36,40). The second-order valence-electron chi connectivity index (χ2n) is 11.5. The maximum absolute atomic E-state index is 15.5. The molecule has 1 saturated heterocycles. The van der Waals surface area contributed by atoms with Gasteiger partial charge >= 0.3 is 12.2 Å². The van der Waals surface area contributed by atoms with Gasteiger partial charge in [-0.15, -0.1) is 0 Å². The summed E-state index contributed by atoms with van der Waals surface area (Å²) in [5.74, 6) is -5.16. The zero-order valence-corrected chi connectivity index (χ0v) is 23.3. The molecule has 2 aliphatic carbocycles. The highest BCUT2D eigenvalue weighted by molar-refractivity contribution is 5.93. The SMILES string of the molecule is COCC(c1cc(F)c2oc(C(NC(=O)c3nonc3C3CC3)C3CCC(F)(F)CC3)nc2c1)N1CC(C(F)(F)F)NC1=O. The molecule has 17 heteroatoms. The molecule has 6 rings (SSSR count). The lowest BCUT2D eigenvalue weighted by Crippen LogP contribution is -2.40. The number of urea groups is 1. The molecule has 3 aliphatic rings. The normalized spacial score (nSPS) is 22.3. The predicted octanol–water partition coefficient (Wildman–Crippen LogP) is 5.17. The highest BCUT2D eigenvalue weighted by Crippen LogP contribution is 2.43. The Bertz CT molecular complexity index is 1550. The van der Waals surface area contributed by atoms with Crippen molar-refractivity contribution in [1.82, 2.24) is 30.8 Å². The molecule has 3 fully saturated rings. The fourth-order valence-corrected chi connectivity index (χ4v) is 5.85. The van der Waals surface area contributed by atoms with Gasteiger partial charge in [0.15, 0.2) is 17.1 Å². The Hall–Kier alpha value is -3.89. The van der Waals surface area contributed by atoms with Crippen molar-refractivity contribution in [2.24, 2.45) is 5.92 Å². The van der Waals surface area contributed by atoms with E-state index < -0.39 is 73.3 Å². The van der Waals surface area contributed by atoms with Gasteiger partial charge in [0.1, 0.15) is 23.3 Å². The van der Waals surface area contributed by atoms with E-state index in [1.807, 2.05) is 5.32 Å². The predicted molar refractivity (Wildman–Crippen MR) is 137 cm³/mol. The average Bonchev–Trinajstić information content (AvgIpc) is 3.33. The molecule has 2 N–H and O–H groups in total. The quantitative estimate of drug-likeness (QED) is 0.310. The molecule has 3 unspecified atom stereocenters. The number of halogens is 6. The van der Waals surface area contributed by atoms with Crippen molar-refractivity contribution in [1.29, 1.82) is 0 Å². The van der Waals surface area contributed by atoms with Crippen molar-refractivity contribution in [3.8, 4) is 0 Å². The van der Waals surface area contributed by atoms with Crippen LogP contribution in [0, 0.1) is 11.7 Å². The number of benzene rings is 1. The molecule has 3 heterocycles. The van der Waals surface area contributed by atoms with Crippen LogP contribution >= 0.6 is 0 Å². The van der Waals surface area contributed by atoms with E-state index in [9.17, 15) is 31.5 Å². The second kappa shape index (κ2) is 11.2. The van der Waals surface area contributed by atoms with Gasteiger partial charge in [0, 0.05) is 25.9 Å². The smallest absolute Gasteiger partial charge is 0.410 e. The van der Waals surface area contributed by atoms with Gasteiger partial charge in [-0.3, -0.25) is 4.79 Å². The van der Waals surface area contributed by atoms with E-state index in [2.05, 4.69) is 20.6 Å². The number of amides is 3. The fourth-order valence-electron chi connectivity index (χ4n) is 5.85. The highest BCUT2D eigenvalue weighted by atomic mass is 19.4. The first-order valence-electron chi connectivity index (χ1n) is 14.1. The summed E-state index contributed by atoms with van der Waals surface area (Å²) in [6, 6.07) is -2.92. The molecule has 238 valence electrons. The molecule has 0 bridgehead atoms. The van der Waals surface area contributed by atoms with Gasteiger partial charge in [0.25, 0.3) is 5.91 Å². The summed E-state index contributed by atoms with van der Waals surface area (Å²) in [5, 5.41) is 12.2. The number of rotatable bonds is 9. The molecule has 1 aliphatic heterocycles. The van der Waals surface area contributed by atoms with Crippen molar-refractivity contribution in [2.75, 3.05) is 20.3 Å². The minimum atomic E-state index is -4.69. The number of methoxy groups -OCH3 is 1. The molecule has 3 aromatic rings. The Balaban J connectivity index is 1.33. The second-order valence-corrected chi connectivity index (χ2v) is 11.5. The molecule has 0 spiro atoms. The lowest BCUT2D eigenvalue weighted by Gasteiger charge is -2.32. The molecule has 3 atom stereocenters. The van der Waals surface area contributed by atoms with Crippen LogP contribution in [0.25, 0.3) is 11.1 Å². The van der Waals surface area contributed by atoms with Crippen LogP contribution in [0.5, 0.6) is 0 Å². The topological polar surface area (TPSA) is 136 Å². The highest BCUT2D eigenvalue weighted by Gasteiger charge is 2.49. The van der Waals surface area contributed by atoms with Crippen LogP contribution in [0.15, 0.2) is 21.2 Å². The van der Waals surface area contributed by atoms with Crippen molar-refractivity contribution in [2.45, 2.75) is 74.7 Å². The van der Waals surface area contributed by atoms with Crippen molar-refractivity contribution >= 4 is 23.0 Å². The van der Waals surface area contributed by atoms with Gasteiger partial charge < -0.3 is 24.7 Å². The van der Waals surface area contributed by atoms with Crippen LogP contribution in [-0.2, 0) is 4.74 Å². The summed E-state index contributed by atoms with van der Waals surface area (Å²) < 4.78 is 99.1. The first-order chi connectivity index (χ1) is 20.8. The Morgan fingerprint density at radius 3 is 2.57 bits per heavy atom. The Kier molecular flexibility index (Phi) is 7.70. The zero-order chi connectivity index (χ0) is 31.4. The first-order valence-corrected chi connectivity index (χ1v) is 14.1. The third-order valence-corrected chi connectivity index (χ3v) is 8.38. The monoisotopic (exact) mass is 630 g/mol. The molecular formula is C27H28F6N6O5. The van der Waals surface area contributed by atoms with Crippen molar-refractivity contribution in [3.63, 3.8) is 0 Å². The average molecular weight is 631 g/mol. The third-order valence-electron chi connectivity index (χ3n) is 8.38. The minimum absolute atomic E-state index is 0.0112. The van der Waals surface area contributed by atoms with Crippen LogP contribution in [-0.4, -0.2) is 70.5 Å². The third kappa shape index (κ3) is 5.93. The lowest BCUT2D eigenvalue weighted by atomic mass is 9.82. The Morgan fingerprint density at radius 2 is 1.93 bits per heavy atom. The van der Waals surface area contributed by atoms with Gasteiger partial charge in [-0.1, -0.05) is 5.16 Å². The number of aromatic nitrogens is 3. The maximum Gasteiger partial charge on any atom is 0.410 e. The fraction of sp³-hybridized carbons (Fsp3) is 0.593. The van der Waals surface area contributed by atoms with Crippen LogP contribution in [0.3, 0.4) is 0 Å². The molecule has 3 amide bonds. The minimum Gasteiger partial charge on any atom is -0.435 e. The molecule has 1 aromatic carbocycles. The van der Waals surface area contributed by atoms with Crippen molar-refractivity contribution < 1.29 is 49.7 Å². The van der Waals surface area contributed by atoms with Crippen LogP contribution in [0.1, 0.15) is 84.2 Å². The van der Waals surface area contributed by atoms with E-state index in [4.69, 9.17) is 13.8 Å². The van der Waals surface area contributed by atoms with E-state index in [-0.39, 0.29) is 53.6 Å². The summed E-state index contributed by atoms with van der Waals surface area (Å²) in [6.07, 6.45) is -3.92. The van der Waals surface area contributed by atoms with E-state index in [1.165, 1.54) is 13.2 Å². The number of carbonyl (C=O) groups is 2. The summed E-state index contributed by atoms with van der Waals surface area (Å²) in [4.78, 5) is 31.0. The number of fused-ring (bicyclic) bond motifs is 1. The molecule has 2 saturated carbocycles. The largest absolute Gasteiger partial charge is 0.435 e. The van der Waals surface area contributed by atoms with E-state index >= 15 is 4.39 Å². The number of carbonyl (C=O) groups excluding carboxylic acids is 2. The summed E-state index contributed by atoms with van der Waals surface area (Å²) in [7, 11) is 1.28. The van der Waals surface area contributed by atoms with Crippen LogP contribution in [0.2, 0.25) is 0 Å². The molecule has 2 aromatic heterocycles. The molecule has 0 radical (unpaired) electrons. The number of nitrogens with one attached hydrogen (secondary N) is 2. The molecule has 11 nitrogen and oxygen atoms in total. The summed E-state index contributed by atoms with van der Waals surface area (Å²) in [6.45, 7) is -0.974. The maximum atomic E-state index is 15.5. The number of oxazole rings is 1. The van der Waals surface area contributed by atoms with Crippen LogP contribution in [0.4, 0.5) is 31.1 Å². The van der Waals surface area contributed by atoms with Gasteiger partial charge in [0.2, 0.25) is 11.8 Å². The van der Waals surface area contributed by atoms with Gasteiger partial charge in [-0.05, 0) is 54.5 Å². The summed E-state index contributed by atoms with van der Waals surface area (Å²) >= 11 is 0. The molecule has 44 heavy (non-hydrogen) atoms. The number of nitrogens with zero attached hydrogens (tertiary/aromatic N) is 4. The van der Waals surface area contributed by atoms with E-state index in [0.717, 1.165) is 23.8 Å². The Morgan fingerprint density at radius 1 is 1.20 bits per heavy atom. The zero-order valence-electron chi connectivity index (χ0n) is 23.3. The number of alkyl halides is 5. The van der Waals surface area contributed by atoms with Gasteiger partial charge in [0.05, 0.1) is 19.2 Å². The van der Waals surface area contributed by atoms with E-state index in [1.54, 1.807) is 0 Å². The van der Waals surface area contributed by atoms with Crippen molar-refractivity contribution in [3.05, 3.63) is 40.8 Å². The summed E-state index contributed by atoms with van der Waals surface area (Å²) in [5.41, 5.74) is 0.0564. The van der Waals surface area contributed by atoms with E-state index in [0.29, 0.717) is 5.69 Å². The first kappa shape index (κ1) is 30.1. The number of ether oxygens (including phenoxy) is 1. The van der Waals surface area contributed by atoms with Gasteiger partial charge in [-0.25, -0.2) is 27.6 Å². The number of hydrogen-bond donors (Lipinski definition) is 2. The molecular weight excluding hydrogens is 602 g/mol. The number of hydrogen-bond acceptors (Lipinski definition) is 8.